The number of benzene rings is 1. The highest BCUT2D eigenvalue weighted by atomic mass is 79.9. The van der Waals surface area contributed by atoms with Crippen LogP contribution in [0.2, 0.25) is 0 Å². The molecule has 0 aromatic heterocycles. The van der Waals surface area contributed by atoms with Gasteiger partial charge in [0.05, 0.1) is 0 Å². The summed E-state index contributed by atoms with van der Waals surface area (Å²) in [5.41, 5.74) is 8.07. The summed E-state index contributed by atoms with van der Waals surface area (Å²) >= 11 is 3.50. The summed E-state index contributed by atoms with van der Waals surface area (Å²) in [5.74, 6) is 1.26. The summed E-state index contributed by atoms with van der Waals surface area (Å²) in [5, 5.41) is 0. The molecule has 1 amide bonds. The Morgan fingerprint density at radius 2 is 2.10 bits per heavy atom. The molecule has 3 atom stereocenters. The minimum atomic E-state index is 0. The number of hydrogen-bond acceptors (Lipinski definition) is 2. The van der Waals surface area contributed by atoms with Crippen LogP contribution in [0, 0.1) is 18.8 Å². The highest BCUT2D eigenvalue weighted by Gasteiger charge is 2.40. The molecule has 3 rings (SSSR count). The van der Waals surface area contributed by atoms with Gasteiger partial charge in [0.2, 0.25) is 0 Å². The van der Waals surface area contributed by atoms with Crippen LogP contribution in [0.25, 0.3) is 0 Å². The number of halogens is 2. The Kier molecular flexibility index (Phi) is 5.33. The van der Waals surface area contributed by atoms with Crippen LogP contribution >= 0.6 is 28.3 Å². The van der Waals surface area contributed by atoms with Crippen LogP contribution in [0.5, 0.6) is 0 Å². The second-order valence-electron chi connectivity index (χ2n) is 6.14. The number of hydrogen-bond donors (Lipinski definition) is 1. The molecule has 1 aromatic carbocycles. The third-order valence-electron chi connectivity index (χ3n) is 4.94. The van der Waals surface area contributed by atoms with Gasteiger partial charge in [-0.25, -0.2) is 0 Å². The van der Waals surface area contributed by atoms with Crippen LogP contribution in [0.1, 0.15) is 35.2 Å². The van der Waals surface area contributed by atoms with E-state index in [1.165, 1.54) is 12.8 Å². The minimum absolute atomic E-state index is 0. The van der Waals surface area contributed by atoms with Crippen molar-refractivity contribution in [1.82, 2.24) is 4.90 Å². The summed E-state index contributed by atoms with van der Waals surface area (Å²) in [6, 6.07) is 6.10. The zero-order chi connectivity index (χ0) is 14.3. The Bertz CT molecular complexity index is 537. The number of amides is 1. The third-order valence-corrected chi connectivity index (χ3v) is 5.80. The Hall–Kier alpha value is -0.580. The predicted molar refractivity (Wildman–Crippen MR) is 90.8 cm³/mol. The molecule has 2 N–H and O–H groups in total. The summed E-state index contributed by atoms with van der Waals surface area (Å²) in [6.45, 7) is 3.70. The summed E-state index contributed by atoms with van der Waals surface area (Å²) in [6.07, 6.45) is 3.54. The maximum atomic E-state index is 12.7. The van der Waals surface area contributed by atoms with Crippen molar-refractivity contribution in [2.24, 2.45) is 17.6 Å². The molecule has 1 heterocycles. The molecule has 2 fully saturated rings. The molecular weight excluding hydrogens is 352 g/mol. The van der Waals surface area contributed by atoms with Crippen LogP contribution in [0.15, 0.2) is 22.7 Å². The van der Waals surface area contributed by atoms with Gasteiger partial charge in [0, 0.05) is 29.2 Å². The number of nitrogens with two attached hydrogens (primary N) is 1. The summed E-state index contributed by atoms with van der Waals surface area (Å²) < 4.78 is 0.997. The maximum absolute atomic E-state index is 12.7. The predicted octanol–water partition coefficient (Wildman–Crippen LogP) is 3.38. The second kappa shape index (κ2) is 6.67. The maximum Gasteiger partial charge on any atom is 0.254 e. The average molecular weight is 374 g/mol. The van der Waals surface area contributed by atoms with E-state index in [0.29, 0.717) is 11.8 Å². The molecule has 116 valence electrons. The fourth-order valence-electron chi connectivity index (χ4n) is 3.69. The van der Waals surface area contributed by atoms with Crippen LogP contribution < -0.4 is 5.73 Å². The van der Waals surface area contributed by atoms with E-state index in [4.69, 9.17) is 5.73 Å². The Morgan fingerprint density at radius 1 is 1.33 bits per heavy atom. The van der Waals surface area contributed by atoms with Crippen molar-refractivity contribution >= 4 is 34.2 Å². The second-order valence-corrected chi connectivity index (χ2v) is 7.00. The van der Waals surface area contributed by atoms with Gasteiger partial charge in [-0.15, -0.1) is 12.4 Å². The number of nitrogens with zero attached hydrogens (tertiary/aromatic N) is 1. The standard InChI is InChI=1S/C16H21BrN2O.ClH/c1-10-12(5-3-6-14(10)17)16(20)19-8-11-4-2-7-15(18)13(11)9-19;/h3,5-6,11,13,15H,2,4,7-9,18H2,1H3;1H. The van der Waals surface area contributed by atoms with Gasteiger partial charge < -0.3 is 10.6 Å². The average Bonchev–Trinajstić information content (AvgIpc) is 2.87. The van der Waals surface area contributed by atoms with Crippen molar-refractivity contribution in [2.75, 3.05) is 13.1 Å². The van der Waals surface area contributed by atoms with Gasteiger partial charge in [-0.3, -0.25) is 4.79 Å². The molecule has 0 bridgehead atoms. The van der Waals surface area contributed by atoms with Gasteiger partial charge in [-0.1, -0.05) is 28.4 Å². The van der Waals surface area contributed by atoms with E-state index in [1.54, 1.807) is 0 Å². The molecule has 21 heavy (non-hydrogen) atoms. The van der Waals surface area contributed by atoms with E-state index in [9.17, 15) is 4.79 Å². The lowest BCUT2D eigenvalue weighted by molar-refractivity contribution is 0.0782. The molecule has 0 radical (unpaired) electrons. The lowest BCUT2D eigenvalue weighted by Gasteiger charge is -2.29. The van der Waals surface area contributed by atoms with E-state index >= 15 is 0 Å². The van der Waals surface area contributed by atoms with E-state index in [0.717, 1.165) is 35.1 Å². The van der Waals surface area contributed by atoms with Crippen LogP contribution in [0.3, 0.4) is 0 Å². The van der Waals surface area contributed by atoms with E-state index in [2.05, 4.69) is 15.9 Å². The fourth-order valence-corrected chi connectivity index (χ4v) is 4.06. The van der Waals surface area contributed by atoms with Crippen molar-refractivity contribution in [2.45, 2.75) is 32.2 Å². The van der Waals surface area contributed by atoms with E-state index in [1.807, 2.05) is 30.0 Å². The van der Waals surface area contributed by atoms with Gasteiger partial charge in [0.15, 0.2) is 0 Å². The van der Waals surface area contributed by atoms with Gasteiger partial charge in [0.25, 0.3) is 5.91 Å². The van der Waals surface area contributed by atoms with Crippen molar-refractivity contribution in [3.63, 3.8) is 0 Å². The lowest BCUT2D eigenvalue weighted by atomic mass is 9.78. The SMILES string of the molecule is Cc1c(Br)cccc1C(=O)N1CC2CCCC(N)C2C1.Cl. The summed E-state index contributed by atoms with van der Waals surface area (Å²) in [7, 11) is 0. The molecular formula is C16H22BrClN2O. The van der Waals surface area contributed by atoms with Crippen LogP contribution in [-0.2, 0) is 0 Å². The Balaban J connectivity index is 0.00000161. The topological polar surface area (TPSA) is 46.3 Å². The van der Waals surface area contributed by atoms with Gasteiger partial charge in [0.1, 0.15) is 0 Å². The molecule has 5 heteroatoms. The Morgan fingerprint density at radius 3 is 2.81 bits per heavy atom. The van der Waals surface area contributed by atoms with Crippen molar-refractivity contribution < 1.29 is 4.79 Å². The van der Waals surface area contributed by atoms with Gasteiger partial charge >= 0.3 is 0 Å². The molecule has 3 unspecified atom stereocenters. The first-order valence-electron chi connectivity index (χ1n) is 7.38. The van der Waals surface area contributed by atoms with Crippen LogP contribution in [-0.4, -0.2) is 29.9 Å². The smallest absolute Gasteiger partial charge is 0.254 e. The minimum Gasteiger partial charge on any atom is -0.338 e. The number of rotatable bonds is 1. The molecule has 1 aliphatic heterocycles. The first kappa shape index (κ1) is 16.8. The lowest BCUT2D eigenvalue weighted by Crippen LogP contribution is -2.38. The molecule has 2 aliphatic rings. The monoisotopic (exact) mass is 372 g/mol. The molecule has 0 spiro atoms. The number of likely N-dealkylation sites (tertiary alicyclic amines) is 1. The van der Waals surface area contributed by atoms with Crippen LogP contribution in [0.4, 0.5) is 0 Å². The zero-order valence-electron chi connectivity index (χ0n) is 12.2. The van der Waals surface area contributed by atoms with E-state index in [-0.39, 0.29) is 24.4 Å². The third kappa shape index (κ3) is 3.13. The van der Waals surface area contributed by atoms with Crippen molar-refractivity contribution in [3.05, 3.63) is 33.8 Å². The zero-order valence-corrected chi connectivity index (χ0v) is 14.6. The van der Waals surface area contributed by atoms with Crippen molar-refractivity contribution in [1.29, 1.82) is 0 Å². The first-order valence-corrected chi connectivity index (χ1v) is 8.17. The number of carbonyl (C=O) groups excluding carboxylic acids is 1. The van der Waals surface area contributed by atoms with Gasteiger partial charge in [-0.2, -0.15) is 0 Å². The Labute approximate surface area is 140 Å². The van der Waals surface area contributed by atoms with E-state index < -0.39 is 0 Å². The molecule has 1 aromatic rings. The fraction of sp³-hybridized carbons (Fsp3) is 0.562. The van der Waals surface area contributed by atoms with Gasteiger partial charge in [-0.05, 0) is 49.3 Å². The molecule has 1 saturated carbocycles. The molecule has 1 aliphatic carbocycles. The summed E-state index contributed by atoms with van der Waals surface area (Å²) in [4.78, 5) is 14.7. The number of carbonyl (C=O) groups is 1. The quantitative estimate of drug-likeness (QED) is 0.820. The largest absolute Gasteiger partial charge is 0.338 e. The highest BCUT2D eigenvalue weighted by molar-refractivity contribution is 9.10. The number of fused-ring (bicyclic) bond motifs is 1. The molecule has 1 saturated heterocycles. The van der Waals surface area contributed by atoms with Crippen molar-refractivity contribution in [3.8, 4) is 0 Å². The first-order chi connectivity index (χ1) is 9.58. The highest BCUT2D eigenvalue weighted by Crippen LogP contribution is 2.36. The molecule has 3 nitrogen and oxygen atoms in total. The normalized spacial score (nSPS) is 28.0.